The van der Waals surface area contributed by atoms with Crippen LogP contribution in [0.2, 0.25) is 0 Å². The second-order valence-electron chi connectivity index (χ2n) is 7.33. The molecular formula is C20H24N2O5. The molecule has 2 N–H and O–H groups in total. The molecule has 0 bridgehead atoms. The van der Waals surface area contributed by atoms with E-state index in [9.17, 15) is 19.2 Å². The van der Waals surface area contributed by atoms with E-state index < -0.39 is 36.0 Å². The Morgan fingerprint density at radius 2 is 1.89 bits per heavy atom. The smallest absolute Gasteiger partial charge is 0.322 e. The lowest BCUT2D eigenvalue weighted by Gasteiger charge is -2.32. The highest BCUT2D eigenvalue weighted by Gasteiger charge is 2.41. The molecule has 27 heavy (non-hydrogen) atoms. The second kappa shape index (κ2) is 8.33. The predicted molar refractivity (Wildman–Crippen MR) is 96.9 cm³/mol. The number of piperidine rings is 1. The molecule has 0 spiro atoms. The number of carbonyl (C=O) groups is 4. The first-order valence-electron chi connectivity index (χ1n) is 9.31. The van der Waals surface area contributed by atoms with Crippen LogP contribution in [0.4, 0.5) is 0 Å². The van der Waals surface area contributed by atoms with Gasteiger partial charge in [-0.1, -0.05) is 30.3 Å². The van der Waals surface area contributed by atoms with Gasteiger partial charge in [0.25, 0.3) is 0 Å². The molecule has 1 aromatic rings. The first-order valence-corrected chi connectivity index (χ1v) is 9.31. The summed E-state index contributed by atoms with van der Waals surface area (Å²) in [6.07, 6.45) is 3.19. The van der Waals surface area contributed by atoms with Gasteiger partial charge in [0.15, 0.2) is 11.7 Å². The summed E-state index contributed by atoms with van der Waals surface area (Å²) in [6, 6.07) is 10.3. The average Bonchev–Trinajstić information content (AvgIpc) is 3.12. The molecule has 1 aromatic carbocycles. The molecule has 1 saturated carbocycles. The summed E-state index contributed by atoms with van der Waals surface area (Å²) in [6.45, 7) is 0.266. The van der Waals surface area contributed by atoms with Crippen molar-refractivity contribution in [2.75, 3.05) is 19.6 Å². The van der Waals surface area contributed by atoms with E-state index in [0.29, 0.717) is 24.9 Å². The average molecular weight is 372 g/mol. The summed E-state index contributed by atoms with van der Waals surface area (Å²) >= 11 is 0. The van der Waals surface area contributed by atoms with Gasteiger partial charge in [-0.3, -0.25) is 19.2 Å². The molecule has 2 fully saturated rings. The van der Waals surface area contributed by atoms with Gasteiger partial charge in [0.2, 0.25) is 11.8 Å². The van der Waals surface area contributed by atoms with Crippen molar-refractivity contribution in [2.24, 2.45) is 11.8 Å². The Morgan fingerprint density at radius 3 is 2.59 bits per heavy atom. The summed E-state index contributed by atoms with van der Waals surface area (Å²) in [7, 11) is 0. The molecule has 1 saturated heterocycles. The van der Waals surface area contributed by atoms with E-state index in [4.69, 9.17) is 5.11 Å². The van der Waals surface area contributed by atoms with E-state index in [1.807, 2.05) is 18.2 Å². The Labute approximate surface area is 157 Å². The minimum Gasteiger partial charge on any atom is -0.480 e. The molecule has 1 aliphatic heterocycles. The van der Waals surface area contributed by atoms with Gasteiger partial charge in [-0.15, -0.1) is 0 Å². The number of carboxylic acids is 1. The van der Waals surface area contributed by atoms with Gasteiger partial charge < -0.3 is 15.3 Å². The fourth-order valence-electron chi connectivity index (χ4n) is 4.10. The molecule has 0 aromatic heterocycles. The highest BCUT2D eigenvalue weighted by atomic mass is 16.4. The number of rotatable bonds is 6. The summed E-state index contributed by atoms with van der Waals surface area (Å²) in [5.41, 5.74) is 1.31. The fourth-order valence-corrected chi connectivity index (χ4v) is 4.10. The van der Waals surface area contributed by atoms with Crippen molar-refractivity contribution in [3.8, 4) is 0 Å². The normalized spacial score (nSPS) is 25.5. The SMILES string of the molecule is O=C(O)CNC(=O)C1C(=O)CCN(C[C@@H]2CC[C@@H](c3ccccc3)C2)C1=O. The van der Waals surface area contributed by atoms with Crippen molar-refractivity contribution in [2.45, 2.75) is 31.6 Å². The molecule has 3 atom stereocenters. The first kappa shape index (κ1) is 19.1. The lowest BCUT2D eigenvalue weighted by atomic mass is 9.92. The molecule has 2 aliphatic rings. The standard InChI is InChI=1S/C20H24N2O5/c23-16-8-9-22(20(27)18(16)19(26)21-11-17(24)25)12-13-6-7-15(10-13)14-4-2-1-3-5-14/h1-5,13,15,18H,6-12H2,(H,21,26)(H,24,25)/t13-,15-,18?/m1/s1. The van der Waals surface area contributed by atoms with Crippen molar-refractivity contribution in [3.63, 3.8) is 0 Å². The number of amides is 2. The zero-order chi connectivity index (χ0) is 19.4. The van der Waals surface area contributed by atoms with Crippen LogP contribution < -0.4 is 5.32 Å². The number of nitrogens with zero attached hydrogens (tertiary/aromatic N) is 1. The van der Waals surface area contributed by atoms with E-state index in [1.54, 1.807) is 4.90 Å². The quantitative estimate of drug-likeness (QED) is 0.730. The molecule has 7 heteroatoms. The maximum Gasteiger partial charge on any atom is 0.322 e. The van der Waals surface area contributed by atoms with Crippen molar-refractivity contribution >= 4 is 23.6 Å². The minimum absolute atomic E-state index is 0.131. The summed E-state index contributed by atoms with van der Waals surface area (Å²) in [5, 5.41) is 10.8. The summed E-state index contributed by atoms with van der Waals surface area (Å²) in [5.74, 6) is -3.56. The number of carboxylic acid groups (broad SMARTS) is 1. The number of likely N-dealkylation sites (tertiary alicyclic amines) is 1. The van der Waals surface area contributed by atoms with Gasteiger partial charge in [0.1, 0.15) is 6.54 Å². The number of Topliss-reactive ketones (excluding diaryl/α,β-unsaturated/α-hetero) is 1. The number of benzene rings is 1. The highest BCUT2D eigenvalue weighted by molar-refractivity contribution is 6.19. The van der Waals surface area contributed by atoms with Crippen LogP contribution in [-0.2, 0) is 19.2 Å². The van der Waals surface area contributed by atoms with Crippen LogP contribution in [0.15, 0.2) is 30.3 Å². The molecule has 144 valence electrons. The van der Waals surface area contributed by atoms with E-state index in [-0.39, 0.29) is 6.42 Å². The van der Waals surface area contributed by atoms with Crippen LogP contribution in [0.5, 0.6) is 0 Å². The fraction of sp³-hybridized carbons (Fsp3) is 0.500. The lowest BCUT2D eigenvalue weighted by molar-refractivity contribution is -0.152. The van der Waals surface area contributed by atoms with Crippen molar-refractivity contribution < 1.29 is 24.3 Å². The van der Waals surface area contributed by atoms with Crippen LogP contribution in [0.25, 0.3) is 0 Å². The Hall–Kier alpha value is -2.70. The van der Waals surface area contributed by atoms with Gasteiger partial charge in [0.05, 0.1) is 0 Å². The minimum atomic E-state index is -1.41. The second-order valence-corrected chi connectivity index (χ2v) is 7.33. The van der Waals surface area contributed by atoms with E-state index in [0.717, 1.165) is 19.3 Å². The van der Waals surface area contributed by atoms with Crippen molar-refractivity contribution in [3.05, 3.63) is 35.9 Å². The molecule has 1 heterocycles. The number of ketones is 1. The predicted octanol–water partition coefficient (Wildman–Crippen LogP) is 1.19. The van der Waals surface area contributed by atoms with E-state index >= 15 is 0 Å². The molecule has 1 unspecified atom stereocenters. The molecule has 1 aliphatic carbocycles. The maximum atomic E-state index is 12.7. The van der Waals surface area contributed by atoms with Crippen molar-refractivity contribution in [1.82, 2.24) is 10.2 Å². The Kier molecular flexibility index (Phi) is 5.88. The summed E-state index contributed by atoms with van der Waals surface area (Å²) in [4.78, 5) is 49.0. The first-order chi connectivity index (χ1) is 13.0. The van der Waals surface area contributed by atoms with E-state index in [2.05, 4.69) is 17.4 Å². The van der Waals surface area contributed by atoms with E-state index in [1.165, 1.54) is 5.56 Å². The molecular weight excluding hydrogens is 348 g/mol. The van der Waals surface area contributed by atoms with Gasteiger partial charge >= 0.3 is 5.97 Å². The third-order valence-corrected chi connectivity index (χ3v) is 5.48. The zero-order valence-corrected chi connectivity index (χ0v) is 15.1. The number of aliphatic carboxylic acids is 1. The largest absolute Gasteiger partial charge is 0.480 e. The van der Waals surface area contributed by atoms with Crippen LogP contribution >= 0.6 is 0 Å². The number of hydrogen-bond donors (Lipinski definition) is 2. The molecule has 0 radical (unpaired) electrons. The number of hydrogen-bond acceptors (Lipinski definition) is 4. The molecule has 3 rings (SSSR count). The molecule has 2 amide bonds. The Bertz CT molecular complexity index is 733. The monoisotopic (exact) mass is 372 g/mol. The third kappa shape index (κ3) is 4.53. The Morgan fingerprint density at radius 1 is 1.15 bits per heavy atom. The number of carbonyl (C=O) groups excluding carboxylic acids is 3. The van der Waals surface area contributed by atoms with Gasteiger partial charge in [-0.05, 0) is 36.7 Å². The van der Waals surface area contributed by atoms with Gasteiger partial charge in [-0.2, -0.15) is 0 Å². The lowest BCUT2D eigenvalue weighted by Crippen LogP contribution is -2.53. The van der Waals surface area contributed by atoms with Crippen LogP contribution in [0.3, 0.4) is 0 Å². The van der Waals surface area contributed by atoms with Crippen LogP contribution in [0, 0.1) is 11.8 Å². The van der Waals surface area contributed by atoms with Gasteiger partial charge in [0, 0.05) is 19.5 Å². The zero-order valence-electron chi connectivity index (χ0n) is 15.1. The molecule has 7 nitrogen and oxygen atoms in total. The van der Waals surface area contributed by atoms with Gasteiger partial charge in [-0.25, -0.2) is 0 Å². The van der Waals surface area contributed by atoms with Crippen LogP contribution in [-0.4, -0.2) is 53.2 Å². The van der Waals surface area contributed by atoms with Crippen molar-refractivity contribution in [1.29, 1.82) is 0 Å². The highest BCUT2D eigenvalue weighted by Crippen LogP contribution is 2.38. The Balaban J connectivity index is 1.59. The topological polar surface area (TPSA) is 104 Å². The van der Waals surface area contributed by atoms with Crippen LogP contribution in [0.1, 0.15) is 37.2 Å². The maximum absolute atomic E-state index is 12.7. The third-order valence-electron chi connectivity index (χ3n) is 5.48. The summed E-state index contributed by atoms with van der Waals surface area (Å²) < 4.78 is 0. The number of nitrogens with one attached hydrogen (secondary N) is 1.